The molecule has 28 heavy (non-hydrogen) atoms. The minimum Gasteiger partial charge on any atom is -0.467 e. The number of fused-ring (bicyclic) bond motifs is 1. The predicted octanol–water partition coefficient (Wildman–Crippen LogP) is 4.48. The third-order valence-corrected chi connectivity index (χ3v) is 6.56. The Balaban J connectivity index is 1.94. The number of carbonyl (C=O) groups is 2. The molecule has 1 aliphatic rings. The molecule has 0 aliphatic heterocycles. The second kappa shape index (κ2) is 7.35. The van der Waals surface area contributed by atoms with E-state index in [-0.39, 0.29) is 9.71 Å². The van der Waals surface area contributed by atoms with Crippen LogP contribution in [-0.4, -0.2) is 29.5 Å². The second-order valence-corrected chi connectivity index (χ2v) is 8.31. The van der Waals surface area contributed by atoms with Crippen LogP contribution >= 0.6 is 11.3 Å². The number of amides is 1. The third kappa shape index (κ3) is 3.72. The SMILES string of the molecule is COC(=O)C1(NC(=O)c2sc3nc(C(F)(F)F)ccc3c2C)CCC(C)CC1. The Hall–Kier alpha value is -2.16. The van der Waals surface area contributed by atoms with Crippen LogP contribution in [0.4, 0.5) is 13.2 Å². The van der Waals surface area contributed by atoms with Gasteiger partial charge in [-0.1, -0.05) is 6.92 Å². The van der Waals surface area contributed by atoms with Crippen LogP contribution in [0.15, 0.2) is 12.1 Å². The van der Waals surface area contributed by atoms with Crippen LogP contribution in [0, 0.1) is 12.8 Å². The molecule has 0 unspecified atom stereocenters. The number of hydrogen-bond donors (Lipinski definition) is 1. The molecule has 5 nitrogen and oxygen atoms in total. The number of pyridine rings is 1. The van der Waals surface area contributed by atoms with Crippen molar-refractivity contribution < 1.29 is 27.5 Å². The van der Waals surface area contributed by atoms with Gasteiger partial charge < -0.3 is 10.1 Å². The van der Waals surface area contributed by atoms with Gasteiger partial charge in [0.1, 0.15) is 16.1 Å². The Morgan fingerprint density at radius 3 is 2.50 bits per heavy atom. The van der Waals surface area contributed by atoms with E-state index in [1.807, 2.05) is 0 Å². The zero-order valence-electron chi connectivity index (χ0n) is 15.8. The normalized spacial score (nSPS) is 22.9. The van der Waals surface area contributed by atoms with Crippen LogP contribution in [-0.2, 0) is 15.7 Å². The molecule has 0 spiro atoms. The first-order valence-electron chi connectivity index (χ1n) is 8.95. The Bertz CT molecular complexity index is 915. The largest absolute Gasteiger partial charge is 0.467 e. The minimum absolute atomic E-state index is 0.141. The Morgan fingerprint density at radius 2 is 1.93 bits per heavy atom. The van der Waals surface area contributed by atoms with Gasteiger partial charge in [0.15, 0.2) is 0 Å². The molecule has 1 fully saturated rings. The lowest BCUT2D eigenvalue weighted by molar-refractivity contribution is -0.150. The van der Waals surface area contributed by atoms with Crippen molar-refractivity contribution in [3.8, 4) is 0 Å². The van der Waals surface area contributed by atoms with Gasteiger partial charge in [0.2, 0.25) is 0 Å². The Labute approximate surface area is 164 Å². The molecular weight excluding hydrogens is 393 g/mol. The molecule has 1 N–H and O–H groups in total. The quantitative estimate of drug-likeness (QED) is 0.753. The summed E-state index contributed by atoms with van der Waals surface area (Å²) in [5.74, 6) is -0.538. The zero-order chi connectivity index (χ0) is 20.7. The summed E-state index contributed by atoms with van der Waals surface area (Å²) < 4.78 is 43.7. The highest BCUT2D eigenvalue weighted by Crippen LogP contribution is 2.36. The number of alkyl halides is 3. The first kappa shape index (κ1) is 20.6. The standard InChI is InChI=1S/C19H21F3N2O3S/c1-10-6-8-18(9-7-10,17(26)27-3)24-15(25)14-11(2)12-4-5-13(19(20,21)22)23-16(12)28-14/h4-5,10H,6-9H2,1-3H3,(H,24,25). The number of rotatable bonds is 3. The average molecular weight is 414 g/mol. The summed E-state index contributed by atoms with van der Waals surface area (Å²) in [7, 11) is 1.28. The van der Waals surface area contributed by atoms with E-state index in [4.69, 9.17) is 4.74 Å². The highest BCUT2D eigenvalue weighted by Gasteiger charge is 2.44. The average Bonchev–Trinajstić information content (AvgIpc) is 2.98. The number of aryl methyl sites for hydroxylation is 1. The molecular formula is C19H21F3N2O3S. The van der Waals surface area contributed by atoms with E-state index in [0.717, 1.165) is 30.2 Å². The highest BCUT2D eigenvalue weighted by molar-refractivity contribution is 7.20. The number of methoxy groups -OCH3 is 1. The fourth-order valence-corrected chi connectivity index (χ4v) is 4.65. The van der Waals surface area contributed by atoms with Gasteiger partial charge in [0, 0.05) is 5.39 Å². The molecule has 9 heteroatoms. The summed E-state index contributed by atoms with van der Waals surface area (Å²) in [6.07, 6.45) is -2.07. The Kier molecular flexibility index (Phi) is 5.40. The lowest BCUT2D eigenvalue weighted by Gasteiger charge is -2.37. The number of esters is 1. The van der Waals surface area contributed by atoms with Crippen LogP contribution in [0.25, 0.3) is 10.2 Å². The number of ether oxygens (including phenoxy) is 1. The van der Waals surface area contributed by atoms with Gasteiger partial charge in [-0.05, 0) is 56.2 Å². The summed E-state index contributed by atoms with van der Waals surface area (Å²) in [6, 6.07) is 2.23. The van der Waals surface area contributed by atoms with Crippen LogP contribution in [0.3, 0.4) is 0 Å². The fraction of sp³-hybridized carbons (Fsp3) is 0.526. The summed E-state index contributed by atoms with van der Waals surface area (Å²) in [5.41, 5.74) is -1.56. The molecule has 0 bridgehead atoms. The molecule has 2 heterocycles. The molecule has 0 aromatic carbocycles. The van der Waals surface area contributed by atoms with Crippen LogP contribution in [0.5, 0.6) is 0 Å². The van der Waals surface area contributed by atoms with Crippen molar-refractivity contribution in [2.45, 2.75) is 51.2 Å². The van der Waals surface area contributed by atoms with Crippen LogP contribution < -0.4 is 5.32 Å². The molecule has 1 amide bonds. The van der Waals surface area contributed by atoms with Crippen molar-refractivity contribution in [2.24, 2.45) is 5.92 Å². The van der Waals surface area contributed by atoms with Crippen molar-refractivity contribution in [2.75, 3.05) is 7.11 Å². The van der Waals surface area contributed by atoms with E-state index in [0.29, 0.717) is 29.7 Å². The van der Waals surface area contributed by atoms with Crippen molar-refractivity contribution in [3.63, 3.8) is 0 Å². The number of nitrogens with one attached hydrogen (secondary N) is 1. The predicted molar refractivity (Wildman–Crippen MR) is 99.2 cm³/mol. The zero-order valence-corrected chi connectivity index (χ0v) is 16.6. The summed E-state index contributed by atoms with van der Waals surface area (Å²) in [6.45, 7) is 3.75. The van der Waals surface area contributed by atoms with E-state index in [2.05, 4.69) is 17.2 Å². The number of halogens is 3. The molecule has 0 saturated heterocycles. The third-order valence-electron chi connectivity index (χ3n) is 5.36. The molecule has 3 rings (SSSR count). The van der Waals surface area contributed by atoms with Crippen molar-refractivity contribution >= 4 is 33.4 Å². The van der Waals surface area contributed by atoms with Crippen molar-refractivity contribution in [1.29, 1.82) is 0 Å². The topological polar surface area (TPSA) is 68.3 Å². The lowest BCUT2D eigenvalue weighted by Crippen LogP contribution is -2.56. The number of nitrogens with zero attached hydrogens (tertiary/aromatic N) is 1. The number of aromatic nitrogens is 1. The monoisotopic (exact) mass is 414 g/mol. The second-order valence-electron chi connectivity index (χ2n) is 7.31. The van der Waals surface area contributed by atoms with E-state index in [1.54, 1.807) is 6.92 Å². The summed E-state index contributed by atoms with van der Waals surface area (Å²) in [4.78, 5) is 29.4. The molecule has 152 valence electrons. The molecule has 0 atom stereocenters. The fourth-order valence-electron chi connectivity index (χ4n) is 3.58. The summed E-state index contributed by atoms with van der Waals surface area (Å²) in [5, 5.41) is 3.31. The minimum atomic E-state index is -4.55. The maximum absolute atomic E-state index is 12.9. The highest BCUT2D eigenvalue weighted by atomic mass is 32.1. The Morgan fingerprint density at radius 1 is 1.29 bits per heavy atom. The van der Waals surface area contributed by atoms with E-state index in [9.17, 15) is 22.8 Å². The molecule has 1 aliphatic carbocycles. The van der Waals surface area contributed by atoms with E-state index < -0.39 is 29.3 Å². The molecule has 1 saturated carbocycles. The van der Waals surface area contributed by atoms with Crippen molar-refractivity contribution in [3.05, 3.63) is 28.3 Å². The smallest absolute Gasteiger partial charge is 0.433 e. The number of hydrogen-bond acceptors (Lipinski definition) is 5. The number of carbonyl (C=O) groups excluding carboxylic acids is 2. The van der Waals surface area contributed by atoms with Gasteiger partial charge in [-0.2, -0.15) is 13.2 Å². The molecule has 2 aromatic heterocycles. The van der Waals surface area contributed by atoms with Crippen LogP contribution in [0.1, 0.15) is 53.5 Å². The van der Waals surface area contributed by atoms with Gasteiger partial charge in [0.25, 0.3) is 5.91 Å². The summed E-state index contributed by atoms with van der Waals surface area (Å²) >= 11 is 0.894. The van der Waals surface area contributed by atoms with Crippen LogP contribution in [0.2, 0.25) is 0 Å². The van der Waals surface area contributed by atoms with E-state index >= 15 is 0 Å². The number of thiophene rings is 1. The maximum atomic E-state index is 12.9. The molecule has 0 radical (unpaired) electrons. The maximum Gasteiger partial charge on any atom is 0.433 e. The van der Waals surface area contributed by atoms with Gasteiger partial charge in [0.05, 0.1) is 12.0 Å². The first-order chi connectivity index (χ1) is 13.1. The lowest BCUT2D eigenvalue weighted by atomic mass is 9.77. The van der Waals surface area contributed by atoms with Gasteiger partial charge in [-0.25, -0.2) is 9.78 Å². The first-order valence-corrected chi connectivity index (χ1v) is 9.77. The van der Waals surface area contributed by atoms with Gasteiger partial charge in [-0.15, -0.1) is 11.3 Å². The van der Waals surface area contributed by atoms with Crippen molar-refractivity contribution in [1.82, 2.24) is 10.3 Å². The van der Waals surface area contributed by atoms with Gasteiger partial charge in [-0.3, -0.25) is 4.79 Å². The van der Waals surface area contributed by atoms with E-state index in [1.165, 1.54) is 13.2 Å². The molecule has 2 aromatic rings. The van der Waals surface area contributed by atoms with Gasteiger partial charge >= 0.3 is 12.1 Å².